The zero-order valence-electron chi connectivity index (χ0n) is 15.3. The number of rotatable bonds is 12. The minimum absolute atomic E-state index is 0.259. The van der Waals surface area contributed by atoms with Crippen molar-refractivity contribution < 1.29 is 15.3 Å². The molecule has 3 unspecified atom stereocenters. The summed E-state index contributed by atoms with van der Waals surface area (Å²) in [6.07, 6.45) is 4.85. The molecule has 3 N–H and O–H groups in total. The fourth-order valence-electron chi connectivity index (χ4n) is 2.45. The minimum Gasteiger partial charge on any atom is -0.385 e. The van der Waals surface area contributed by atoms with Gasteiger partial charge >= 0.3 is 0 Å². The highest BCUT2D eigenvalue weighted by molar-refractivity contribution is 5.04. The second kappa shape index (κ2) is 11.4. The molecule has 6 heteroatoms. The van der Waals surface area contributed by atoms with Crippen LogP contribution in [0.5, 0.6) is 0 Å². The van der Waals surface area contributed by atoms with E-state index in [0.29, 0.717) is 19.3 Å². The van der Waals surface area contributed by atoms with Crippen LogP contribution < -0.4 is 0 Å². The van der Waals surface area contributed by atoms with Crippen molar-refractivity contribution in [1.82, 2.24) is 15.0 Å². The van der Waals surface area contributed by atoms with Gasteiger partial charge in [-0.1, -0.05) is 59.3 Å². The Morgan fingerprint density at radius 1 is 0.583 bits per heavy atom. The summed E-state index contributed by atoms with van der Waals surface area (Å²) in [5, 5.41) is 30.9. The highest BCUT2D eigenvalue weighted by Crippen LogP contribution is 2.23. The van der Waals surface area contributed by atoms with Gasteiger partial charge in [0.25, 0.3) is 0 Å². The van der Waals surface area contributed by atoms with E-state index in [1.165, 1.54) is 0 Å². The molecule has 1 rings (SSSR count). The number of aliphatic hydroxyl groups is 3. The molecule has 0 aliphatic heterocycles. The summed E-state index contributed by atoms with van der Waals surface area (Å²) in [4.78, 5) is 12.8. The van der Waals surface area contributed by atoms with E-state index in [2.05, 4.69) is 35.7 Å². The Kier molecular flexibility index (Phi) is 9.98. The smallest absolute Gasteiger partial charge is 0.161 e. The fraction of sp³-hybridized carbons (Fsp3) is 0.833. The number of hydrogen-bond donors (Lipinski definition) is 3. The van der Waals surface area contributed by atoms with Crippen molar-refractivity contribution in [2.75, 3.05) is 0 Å². The largest absolute Gasteiger partial charge is 0.385 e. The van der Waals surface area contributed by atoms with Crippen LogP contribution in [0.3, 0.4) is 0 Å². The highest BCUT2D eigenvalue weighted by Gasteiger charge is 2.21. The van der Waals surface area contributed by atoms with Gasteiger partial charge in [0.05, 0.1) is 0 Å². The Bertz CT molecular complexity index is 392. The number of hydrogen-bond acceptors (Lipinski definition) is 6. The molecule has 0 amide bonds. The third-order valence-corrected chi connectivity index (χ3v) is 4.07. The molecule has 1 aromatic heterocycles. The van der Waals surface area contributed by atoms with Crippen molar-refractivity contribution in [3.63, 3.8) is 0 Å². The van der Waals surface area contributed by atoms with Gasteiger partial charge in [0.15, 0.2) is 17.5 Å². The van der Waals surface area contributed by atoms with Crippen molar-refractivity contribution >= 4 is 0 Å². The third-order valence-electron chi connectivity index (χ3n) is 4.07. The van der Waals surface area contributed by atoms with E-state index < -0.39 is 18.3 Å². The second-order valence-electron chi connectivity index (χ2n) is 6.38. The molecule has 24 heavy (non-hydrogen) atoms. The number of unbranched alkanes of at least 4 members (excludes halogenated alkanes) is 3. The molecule has 138 valence electrons. The Balaban J connectivity index is 3.03. The molecular weight excluding hydrogens is 306 g/mol. The maximum Gasteiger partial charge on any atom is 0.161 e. The molecule has 6 nitrogen and oxygen atoms in total. The average Bonchev–Trinajstić information content (AvgIpc) is 2.61. The van der Waals surface area contributed by atoms with Gasteiger partial charge in [-0.2, -0.15) is 0 Å². The Morgan fingerprint density at radius 3 is 1.04 bits per heavy atom. The van der Waals surface area contributed by atoms with Crippen LogP contribution in [0.1, 0.15) is 114 Å². The number of aliphatic hydroxyl groups excluding tert-OH is 3. The Labute approximate surface area is 145 Å². The van der Waals surface area contributed by atoms with E-state index in [1.807, 2.05) is 0 Å². The lowest BCUT2D eigenvalue weighted by molar-refractivity contribution is 0.128. The molecule has 0 bridgehead atoms. The maximum atomic E-state index is 10.3. The van der Waals surface area contributed by atoms with Crippen molar-refractivity contribution in [2.45, 2.75) is 96.9 Å². The predicted molar refractivity (Wildman–Crippen MR) is 93.3 cm³/mol. The third kappa shape index (κ3) is 6.79. The van der Waals surface area contributed by atoms with E-state index in [1.54, 1.807) is 0 Å². The molecule has 3 atom stereocenters. The van der Waals surface area contributed by atoms with E-state index >= 15 is 0 Å². The van der Waals surface area contributed by atoms with Crippen LogP contribution >= 0.6 is 0 Å². The normalized spacial score (nSPS) is 15.2. The lowest BCUT2D eigenvalue weighted by Crippen LogP contribution is -2.16. The first-order valence-electron chi connectivity index (χ1n) is 9.33. The number of aromatic nitrogens is 3. The summed E-state index contributed by atoms with van der Waals surface area (Å²) < 4.78 is 0. The van der Waals surface area contributed by atoms with Gasteiger partial charge in [0.2, 0.25) is 0 Å². The van der Waals surface area contributed by atoms with Crippen LogP contribution in [0.15, 0.2) is 0 Å². The van der Waals surface area contributed by atoms with Crippen LogP contribution in [0.2, 0.25) is 0 Å². The van der Waals surface area contributed by atoms with Gasteiger partial charge in [-0.3, -0.25) is 0 Å². The maximum absolute atomic E-state index is 10.3. The second-order valence-corrected chi connectivity index (χ2v) is 6.38. The summed E-state index contributed by atoms with van der Waals surface area (Å²) in [5.41, 5.74) is 0. The topological polar surface area (TPSA) is 99.4 Å². The lowest BCUT2D eigenvalue weighted by atomic mass is 10.1. The molecule has 1 heterocycles. The summed E-state index contributed by atoms with van der Waals surface area (Å²) in [7, 11) is 0. The van der Waals surface area contributed by atoms with E-state index in [4.69, 9.17) is 0 Å². The van der Waals surface area contributed by atoms with Gasteiger partial charge in [0.1, 0.15) is 18.3 Å². The predicted octanol–water partition coefficient (Wildman–Crippen LogP) is 3.54. The van der Waals surface area contributed by atoms with Crippen molar-refractivity contribution in [3.8, 4) is 0 Å². The van der Waals surface area contributed by atoms with E-state index in [0.717, 1.165) is 38.5 Å². The molecule has 0 aliphatic carbocycles. The highest BCUT2D eigenvalue weighted by atomic mass is 16.3. The molecule has 0 aliphatic rings. The molecule has 0 saturated heterocycles. The summed E-state index contributed by atoms with van der Waals surface area (Å²) in [5.74, 6) is 0.777. The van der Waals surface area contributed by atoms with Gasteiger partial charge in [-0.05, 0) is 19.3 Å². The van der Waals surface area contributed by atoms with E-state index in [9.17, 15) is 15.3 Å². The molecule has 0 fully saturated rings. The molecule has 0 spiro atoms. The molecule has 0 saturated carbocycles. The SMILES string of the molecule is CCCCC(O)c1nc(C(O)CCCC)nc(C(O)CCCC)n1. The van der Waals surface area contributed by atoms with Crippen molar-refractivity contribution in [1.29, 1.82) is 0 Å². The number of nitrogens with zero attached hydrogens (tertiary/aromatic N) is 3. The van der Waals surface area contributed by atoms with Crippen LogP contribution in [-0.4, -0.2) is 30.3 Å². The van der Waals surface area contributed by atoms with Gasteiger partial charge in [0, 0.05) is 0 Å². The fourth-order valence-corrected chi connectivity index (χ4v) is 2.45. The minimum atomic E-state index is -0.790. The van der Waals surface area contributed by atoms with Gasteiger partial charge < -0.3 is 15.3 Å². The monoisotopic (exact) mass is 339 g/mol. The van der Waals surface area contributed by atoms with Gasteiger partial charge in [-0.15, -0.1) is 0 Å². The lowest BCUT2D eigenvalue weighted by Gasteiger charge is -2.16. The van der Waals surface area contributed by atoms with Crippen LogP contribution in [0, 0.1) is 0 Å². The van der Waals surface area contributed by atoms with Crippen molar-refractivity contribution in [3.05, 3.63) is 17.5 Å². The molecule has 0 aromatic carbocycles. The summed E-state index contributed by atoms with van der Waals surface area (Å²) >= 11 is 0. The van der Waals surface area contributed by atoms with Crippen molar-refractivity contribution in [2.24, 2.45) is 0 Å². The summed E-state index contributed by atoms with van der Waals surface area (Å²) in [6.45, 7) is 6.17. The first kappa shape index (κ1) is 20.9. The Hall–Kier alpha value is -1.11. The average molecular weight is 339 g/mol. The Morgan fingerprint density at radius 2 is 0.833 bits per heavy atom. The molecule has 1 aromatic rings. The quantitative estimate of drug-likeness (QED) is 0.538. The summed E-state index contributed by atoms with van der Waals surface area (Å²) in [6, 6.07) is 0. The standard InChI is InChI=1S/C18H33N3O3/c1-4-7-10-13(22)16-19-17(14(23)11-8-5-2)21-18(20-16)15(24)12-9-6-3/h13-15,22-24H,4-12H2,1-3H3. The van der Waals surface area contributed by atoms with E-state index in [-0.39, 0.29) is 17.5 Å². The zero-order chi connectivity index (χ0) is 17.9. The zero-order valence-corrected chi connectivity index (χ0v) is 15.3. The molecular formula is C18H33N3O3. The molecule has 0 radical (unpaired) electrons. The van der Waals surface area contributed by atoms with Crippen LogP contribution in [0.25, 0.3) is 0 Å². The van der Waals surface area contributed by atoms with Crippen LogP contribution in [0.4, 0.5) is 0 Å². The first-order valence-corrected chi connectivity index (χ1v) is 9.33. The van der Waals surface area contributed by atoms with Crippen LogP contribution in [-0.2, 0) is 0 Å². The first-order chi connectivity index (χ1) is 11.5. The van der Waals surface area contributed by atoms with Gasteiger partial charge in [-0.25, -0.2) is 15.0 Å².